The fourth-order valence-electron chi connectivity index (χ4n) is 4.21. The Morgan fingerprint density at radius 2 is 1.92 bits per heavy atom. The summed E-state index contributed by atoms with van der Waals surface area (Å²) in [5.74, 6) is -1.88. The van der Waals surface area contributed by atoms with Crippen molar-refractivity contribution in [3.8, 4) is 6.07 Å². The van der Waals surface area contributed by atoms with Gasteiger partial charge in [-0.15, -0.1) is 0 Å². The highest BCUT2D eigenvalue weighted by atomic mass is 35.5. The number of amides is 6. The number of carbonyl (C=O) groups is 5. The van der Waals surface area contributed by atoms with Gasteiger partial charge in [-0.25, -0.2) is 4.79 Å². The van der Waals surface area contributed by atoms with Gasteiger partial charge in [0, 0.05) is 29.2 Å². The highest BCUT2D eigenvalue weighted by Crippen LogP contribution is 2.29. The van der Waals surface area contributed by atoms with Crippen LogP contribution in [0.2, 0.25) is 5.02 Å². The topological polar surface area (TPSA) is 140 Å². The van der Waals surface area contributed by atoms with Crippen LogP contribution in [-0.4, -0.2) is 45.5 Å². The van der Waals surface area contributed by atoms with Crippen molar-refractivity contribution in [3.63, 3.8) is 0 Å². The van der Waals surface area contributed by atoms with Crippen molar-refractivity contribution < 1.29 is 24.0 Å². The van der Waals surface area contributed by atoms with Gasteiger partial charge in [-0.2, -0.15) is 5.26 Å². The van der Waals surface area contributed by atoms with E-state index in [0.29, 0.717) is 27.4 Å². The normalized spacial score (nSPS) is 16.0. The van der Waals surface area contributed by atoms with E-state index in [1.165, 1.54) is 4.90 Å². The van der Waals surface area contributed by atoms with Gasteiger partial charge in [0.1, 0.15) is 12.5 Å². The van der Waals surface area contributed by atoms with Crippen molar-refractivity contribution in [3.05, 3.63) is 63.7 Å². The summed E-state index contributed by atoms with van der Waals surface area (Å²) in [5.41, 5.74) is 2.84. The molecule has 2 aromatic rings. The largest absolute Gasteiger partial charge is 0.328 e. The molecule has 0 aromatic heterocycles. The summed E-state index contributed by atoms with van der Waals surface area (Å²) in [6, 6.07) is 10.1. The van der Waals surface area contributed by atoms with Crippen LogP contribution in [0.4, 0.5) is 10.5 Å². The summed E-state index contributed by atoms with van der Waals surface area (Å²) < 4.78 is 0. The molecule has 2 N–H and O–H groups in total. The molecular formula is C27H28ClN5O5. The van der Waals surface area contributed by atoms with E-state index in [0.717, 1.165) is 10.5 Å². The van der Waals surface area contributed by atoms with Gasteiger partial charge in [-0.05, 0) is 48.2 Å². The molecule has 0 saturated carbocycles. The SMILES string of the molecule is CC.Cc1ccc(NC(=O)N(Cc2ccc3c(c2)CN(C2CCC(=O)NC2=O)C3=O)C(=O)CC#N)cc1Cl. The molecular weight excluding hydrogens is 510 g/mol. The van der Waals surface area contributed by atoms with Gasteiger partial charge in [0.25, 0.3) is 5.91 Å². The van der Waals surface area contributed by atoms with Crippen molar-refractivity contribution in [2.24, 2.45) is 0 Å². The van der Waals surface area contributed by atoms with E-state index in [-0.39, 0.29) is 37.7 Å². The Morgan fingerprint density at radius 1 is 1.18 bits per heavy atom. The van der Waals surface area contributed by atoms with Crippen LogP contribution in [0.3, 0.4) is 0 Å². The Morgan fingerprint density at radius 3 is 2.58 bits per heavy atom. The number of urea groups is 1. The molecule has 1 saturated heterocycles. The van der Waals surface area contributed by atoms with Gasteiger partial charge < -0.3 is 10.2 Å². The molecule has 0 radical (unpaired) electrons. The number of piperidine rings is 1. The summed E-state index contributed by atoms with van der Waals surface area (Å²) in [7, 11) is 0. The predicted molar refractivity (Wildman–Crippen MR) is 140 cm³/mol. The maximum Gasteiger partial charge on any atom is 0.328 e. The zero-order valence-corrected chi connectivity index (χ0v) is 22.1. The molecule has 6 amide bonds. The van der Waals surface area contributed by atoms with Crippen molar-refractivity contribution in [2.45, 2.75) is 59.2 Å². The van der Waals surface area contributed by atoms with E-state index < -0.39 is 30.3 Å². The number of halogens is 1. The van der Waals surface area contributed by atoms with Gasteiger partial charge in [-0.1, -0.05) is 43.6 Å². The van der Waals surface area contributed by atoms with Crippen molar-refractivity contribution in [1.29, 1.82) is 5.26 Å². The zero-order chi connectivity index (χ0) is 28.0. The molecule has 0 spiro atoms. The number of fused-ring (bicyclic) bond motifs is 1. The minimum Gasteiger partial charge on any atom is -0.322 e. The molecule has 0 bridgehead atoms. The molecule has 2 aromatic carbocycles. The number of imide groups is 2. The fraction of sp³-hybridized carbons (Fsp3) is 0.333. The van der Waals surface area contributed by atoms with Gasteiger partial charge in [0.15, 0.2) is 0 Å². The molecule has 2 aliphatic heterocycles. The van der Waals surface area contributed by atoms with Gasteiger partial charge in [0.2, 0.25) is 17.7 Å². The summed E-state index contributed by atoms with van der Waals surface area (Å²) in [6.45, 7) is 5.84. The Labute approximate surface area is 225 Å². The Hall–Kier alpha value is -4.23. The van der Waals surface area contributed by atoms with E-state index in [4.69, 9.17) is 16.9 Å². The van der Waals surface area contributed by atoms with Crippen LogP contribution in [0.25, 0.3) is 0 Å². The highest BCUT2D eigenvalue weighted by molar-refractivity contribution is 6.31. The molecule has 2 heterocycles. The summed E-state index contributed by atoms with van der Waals surface area (Å²) in [5, 5.41) is 14.3. The molecule has 1 unspecified atom stereocenters. The first-order valence-corrected chi connectivity index (χ1v) is 12.6. The molecule has 4 rings (SSSR count). The minimum atomic E-state index is -0.744. The monoisotopic (exact) mass is 537 g/mol. The predicted octanol–water partition coefficient (Wildman–Crippen LogP) is 3.91. The number of rotatable bonds is 5. The number of nitrogens with one attached hydrogen (secondary N) is 2. The third-order valence-corrected chi connectivity index (χ3v) is 6.54. The lowest BCUT2D eigenvalue weighted by Crippen LogP contribution is -2.52. The van der Waals surface area contributed by atoms with Crippen LogP contribution in [0.1, 0.15) is 60.2 Å². The van der Waals surface area contributed by atoms with Crippen LogP contribution >= 0.6 is 11.6 Å². The summed E-state index contributed by atoms with van der Waals surface area (Å²) >= 11 is 6.12. The Balaban J connectivity index is 0.00000195. The first-order valence-electron chi connectivity index (χ1n) is 12.2. The quantitative estimate of drug-likeness (QED) is 0.554. The highest BCUT2D eigenvalue weighted by Gasteiger charge is 2.39. The lowest BCUT2D eigenvalue weighted by atomic mass is 10.0. The number of nitriles is 1. The number of nitrogens with zero attached hydrogens (tertiary/aromatic N) is 3. The second kappa shape index (κ2) is 12.3. The minimum absolute atomic E-state index is 0.133. The number of aryl methyl sites for hydroxylation is 1. The maximum absolute atomic E-state index is 12.9. The first kappa shape index (κ1) is 28.3. The standard InChI is InChI=1S/C25H22ClN5O5.C2H6/c1-14-2-4-17(11-19(14)26)28-25(36)31(22(33)8-9-27)12-15-3-5-18-16(10-15)13-30(24(18)35)20-6-7-21(32)29-23(20)34;1-2/h2-5,10-11,20H,6-8,12-13H2,1H3,(H,28,36)(H,29,32,34);1-2H3. The van der Waals surface area contributed by atoms with E-state index in [1.807, 2.05) is 20.8 Å². The molecule has 38 heavy (non-hydrogen) atoms. The summed E-state index contributed by atoms with van der Waals surface area (Å²) in [4.78, 5) is 64.5. The van der Waals surface area contributed by atoms with Crippen molar-refractivity contribution >= 4 is 46.9 Å². The molecule has 10 nitrogen and oxygen atoms in total. The third kappa shape index (κ3) is 6.18. The molecule has 11 heteroatoms. The molecule has 198 valence electrons. The Bertz CT molecular complexity index is 1340. The maximum atomic E-state index is 12.9. The fourth-order valence-corrected chi connectivity index (χ4v) is 4.39. The number of hydrogen-bond donors (Lipinski definition) is 2. The number of hydrogen-bond acceptors (Lipinski definition) is 6. The summed E-state index contributed by atoms with van der Waals surface area (Å²) in [6.07, 6.45) is -0.0925. The Kier molecular flexibility index (Phi) is 9.20. The molecule has 1 atom stereocenters. The zero-order valence-electron chi connectivity index (χ0n) is 21.3. The van der Waals surface area contributed by atoms with Crippen LogP contribution < -0.4 is 10.6 Å². The van der Waals surface area contributed by atoms with Gasteiger partial charge in [0.05, 0.1) is 12.6 Å². The van der Waals surface area contributed by atoms with Crippen LogP contribution in [0.5, 0.6) is 0 Å². The second-order valence-corrected chi connectivity index (χ2v) is 9.01. The number of benzene rings is 2. The van der Waals surface area contributed by atoms with E-state index in [2.05, 4.69) is 10.6 Å². The van der Waals surface area contributed by atoms with E-state index in [1.54, 1.807) is 42.5 Å². The van der Waals surface area contributed by atoms with Crippen molar-refractivity contribution in [2.75, 3.05) is 5.32 Å². The van der Waals surface area contributed by atoms with Crippen LogP contribution in [0.15, 0.2) is 36.4 Å². The molecule has 2 aliphatic rings. The lowest BCUT2D eigenvalue weighted by Gasteiger charge is -2.29. The smallest absolute Gasteiger partial charge is 0.322 e. The van der Waals surface area contributed by atoms with Gasteiger partial charge in [-0.3, -0.25) is 29.4 Å². The van der Waals surface area contributed by atoms with Crippen LogP contribution in [0, 0.1) is 18.3 Å². The van der Waals surface area contributed by atoms with E-state index >= 15 is 0 Å². The van der Waals surface area contributed by atoms with E-state index in [9.17, 15) is 24.0 Å². The van der Waals surface area contributed by atoms with Crippen molar-refractivity contribution in [1.82, 2.24) is 15.1 Å². The van der Waals surface area contributed by atoms with Crippen LogP contribution in [-0.2, 0) is 27.5 Å². The van der Waals surface area contributed by atoms with Gasteiger partial charge >= 0.3 is 6.03 Å². The number of carbonyl (C=O) groups excluding carboxylic acids is 5. The average molecular weight is 538 g/mol. The third-order valence-electron chi connectivity index (χ3n) is 6.13. The second-order valence-electron chi connectivity index (χ2n) is 8.60. The number of anilines is 1. The first-order chi connectivity index (χ1) is 18.2. The molecule has 0 aliphatic carbocycles. The molecule has 1 fully saturated rings. The average Bonchev–Trinajstić information content (AvgIpc) is 3.21. The lowest BCUT2D eigenvalue weighted by molar-refractivity contribution is -0.137.